The fraction of sp³-hybridized carbons (Fsp3) is 0.462. The van der Waals surface area contributed by atoms with Crippen LogP contribution in [0.3, 0.4) is 0 Å². The molecule has 110 valence electrons. The maximum absolute atomic E-state index is 13.2. The van der Waals surface area contributed by atoms with Gasteiger partial charge in [-0.2, -0.15) is 0 Å². The Hall–Kier alpha value is -1.47. The molecule has 0 unspecified atom stereocenters. The van der Waals surface area contributed by atoms with Crippen molar-refractivity contribution in [2.24, 2.45) is 10.9 Å². The van der Waals surface area contributed by atoms with Gasteiger partial charge in [-0.15, -0.1) is 0 Å². The quantitative estimate of drug-likeness (QED) is 0.334. The van der Waals surface area contributed by atoms with Crippen LogP contribution in [0.15, 0.2) is 23.4 Å². The van der Waals surface area contributed by atoms with Gasteiger partial charge in [0, 0.05) is 40.5 Å². The SMILES string of the molecule is N/C(=N/O)c1cc(F)ccc1CNC1CCS(=O)CC1. The van der Waals surface area contributed by atoms with Crippen LogP contribution < -0.4 is 11.1 Å². The Morgan fingerprint density at radius 2 is 2.20 bits per heavy atom. The molecule has 1 aliphatic rings. The van der Waals surface area contributed by atoms with Crippen LogP contribution >= 0.6 is 0 Å². The fourth-order valence-corrected chi connectivity index (χ4v) is 3.55. The molecular formula is C13H18FN3O2S. The minimum atomic E-state index is -0.687. The van der Waals surface area contributed by atoms with E-state index in [-0.39, 0.29) is 5.84 Å². The zero-order chi connectivity index (χ0) is 14.5. The lowest BCUT2D eigenvalue weighted by Crippen LogP contribution is -2.35. The zero-order valence-corrected chi connectivity index (χ0v) is 11.8. The lowest BCUT2D eigenvalue weighted by molar-refractivity contribution is 0.318. The highest BCUT2D eigenvalue weighted by atomic mass is 32.2. The minimum Gasteiger partial charge on any atom is -0.409 e. The van der Waals surface area contributed by atoms with Crippen molar-refractivity contribution in [1.82, 2.24) is 5.32 Å². The van der Waals surface area contributed by atoms with Gasteiger partial charge in [0.15, 0.2) is 5.84 Å². The van der Waals surface area contributed by atoms with Crippen molar-refractivity contribution in [3.63, 3.8) is 0 Å². The number of nitrogens with two attached hydrogens (primary N) is 1. The van der Waals surface area contributed by atoms with Crippen LogP contribution in [0.5, 0.6) is 0 Å². The summed E-state index contributed by atoms with van der Waals surface area (Å²) in [6.45, 7) is 0.503. The summed E-state index contributed by atoms with van der Waals surface area (Å²) >= 11 is 0. The van der Waals surface area contributed by atoms with E-state index in [4.69, 9.17) is 10.9 Å². The molecule has 0 amide bonds. The van der Waals surface area contributed by atoms with Crippen molar-refractivity contribution in [2.45, 2.75) is 25.4 Å². The predicted molar refractivity (Wildman–Crippen MR) is 76.6 cm³/mol. The van der Waals surface area contributed by atoms with Crippen LogP contribution in [0.1, 0.15) is 24.0 Å². The highest BCUT2D eigenvalue weighted by Crippen LogP contribution is 2.14. The molecule has 0 spiro atoms. The number of amidine groups is 1. The number of nitrogens with zero attached hydrogens (tertiary/aromatic N) is 1. The van der Waals surface area contributed by atoms with Gasteiger partial charge in [-0.05, 0) is 30.5 Å². The van der Waals surface area contributed by atoms with Gasteiger partial charge < -0.3 is 16.3 Å². The molecule has 1 saturated heterocycles. The summed E-state index contributed by atoms with van der Waals surface area (Å²) in [6.07, 6.45) is 1.74. The van der Waals surface area contributed by atoms with E-state index in [2.05, 4.69) is 10.5 Å². The van der Waals surface area contributed by atoms with Crippen molar-refractivity contribution >= 4 is 16.6 Å². The molecule has 7 heteroatoms. The van der Waals surface area contributed by atoms with E-state index < -0.39 is 16.6 Å². The molecule has 1 fully saturated rings. The molecule has 0 aliphatic carbocycles. The molecule has 1 aliphatic heterocycles. The molecule has 2 rings (SSSR count). The Bertz CT molecular complexity index is 526. The van der Waals surface area contributed by atoms with Gasteiger partial charge >= 0.3 is 0 Å². The third-order valence-electron chi connectivity index (χ3n) is 3.42. The van der Waals surface area contributed by atoms with E-state index in [1.165, 1.54) is 12.1 Å². The highest BCUT2D eigenvalue weighted by Gasteiger charge is 2.18. The second kappa shape index (κ2) is 6.81. The molecule has 0 saturated carbocycles. The monoisotopic (exact) mass is 299 g/mol. The summed E-state index contributed by atoms with van der Waals surface area (Å²) < 4.78 is 24.5. The number of oxime groups is 1. The molecule has 5 nitrogen and oxygen atoms in total. The number of benzene rings is 1. The largest absolute Gasteiger partial charge is 0.409 e. The first-order chi connectivity index (χ1) is 9.60. The van der Waals surface area contributed by atoms with E-state index in [1.807, 2.05) is 0 Å². The number of halogens is 1. The summed E-state index contributed by atoms with van der Waals surface area (Å²) in [7, 11) is -0.687. The Morgan fingerprint density at radius 3 is 2.85 bits per heavy atom. The van der Waals surface area contributed by atoms with Gasteiger partial charge in [0.05, 0.1) is 0 Å². The highest BCUT2D eigenvalue weighted by molar-refractivity contribution is 7.85. The minimum absolute atomic E-state index is 0.106. The molecule has 1 heterocycles. The molecule has 0 aromatic heterocycles. The smallest absolute Gasteiger partial charge is 0.170 e. The number of rotatable bonds is 4. The average Bonchev–Trinajstić information content (AvgIpc) is 2.46. The van der Waals surface area contributed by atoms with Crippen LogP contribution in [-0.4, -0.2) is 32.8 Å². The Labute approximate surface area is 119 Å². The van der Waals surface area contributed by atoms with E-state index in [1.54, 1.807) is 6.07 Å². The van der Waals surface area contributed by atoms with Gasteiger partial charge in [0.25, 0.3) is 0 Å². The maximum Gasteiger partial charge on any atom is 0.170 e. The van der Waals surface area contributed by atoms with E-state index in [0.29, 0.717) is 29.7 Å². The molecular weight excluding hydrogens is 281 g/mol. The van der Waals surface area contributed by atoms with Crippen molar-refractivity contribution in [3.05, 3.63) is 35.1 Å². The van der Waals surface area contributed by atoms with Gasteiger partial charge in [-0.1, -0.05) is 11.2 Å². The van der Waals surface area contributed by atoms with Crippen molar-refractivity contribution in [1.29, 1.82) is 0 Å². The topological polar surface area (TPSA) is 87.7 Å². The first-order valence-corrected chi connectivity index (χ1v) is 7.93. The fourth-order valence-electron chi connectivity index (χ4n) is 2.25. The number of nitrogens with one attached hydrogen (secondary N) is 1. The van der Waals surface area contributed by atoms with E-state index >= 15 is 0 Å². The third-order valence-corrected chi connectivity index (χ3v) is 4.81. The van der Waals surface area contributed by atoms with Crippen LogP contribution in [0.2, 0.25) is 0 Å². The number of hydrogen-bond donors (Lipinski definition) is 3. The van der Waals surface area contributed by atoms with Crippen molar-refractivity contribution < 1.29 is 13.8 Å². The molecule has 4 N–H and O–H groups in total. The molecule has 1 aromatic carbocycles. The van der Waals surface area contributed by atoms with Crippen LogP contribution in [0.4, 0.5) is 4.39 Å². The summed E-state index contributed by atoms with van der Waals surface area (Å²) in [4.78, 5) is 0. The van der Waals surface area contributed by atoms with Crippen molar-refractivity contribution in [3.8, 4) is 0 Å². The van der Waals surface area contributed by atoms with E-state index in [9.17, 15) is 8.60 Å². The Morgan fingerprint density at radius 1 is 1.50 bits per heavy atom. The zero-order valence-electron chi connectivity index (χ0n) is 11.0. The maximum atomic E-state index is 13.2. The molecule has 0 bridgehead atoms. The summed E-state index contributed by atoms with van der Waals surface area (Å²) in [5.41, 5.74) is 6.72. The Balaban J connectivity index is 2.04. The standard InChI is InChI=1S/C13H18FN3O2S/c14-10-2-1-9(12(7-10)13(15)17-18)8-16-11-3-5-20(19)6-4-11/h1-2,7,11,16,18H,3-6,8H2,(H2,15,17). The van der Waals surface area contributed by atoms with Gasteiger partial charge in [0.2, 0.25) is 0 Å². The summed E-state index contributed by atoms with van der Waals surface area (Å²) in [6, 6.07) is 4.53. The molecule has 1 aromatic rings. The first-order valence-electron chi connectivity index (χ1n) is 6.45. The lowest BCUT2D eigenvalue weighted by atomic mass is 10.1. The van der Waals surface area contributed by atoms with Crippen LogP contribution in [-0.2, 0) is 17.3 Å². The van der Waals surface area contributed by atoms with Gasteiger partial charge in [-0.3, -0.25) is 4.21 Å². The van der Waals surface area contributed by atoms with Gasteiger partial charge in [0.1, 0.15) is 5.82 Å². The number of hydrogen-bond acceptors (Lipinski definition) is 4. The second-order valence-electron chi connectivity index (χ2n) is 4.79. The summed E-state index contributed by atoms with van der Waals surface area (Å²) in [5.74, 6) is 0.900. The lowest BCUT2D eigenvalue weighted by Gasteiger charge is -2.23. The Kier molecular flexibility index (Phi) is 5.08. The molecule has 0 atom stereocenters. The third kappa shape index (κ3) is 3.77. The molecule has 0 radical (unpaired) electrons. The summed E-state index contributed by atoms with van der Waals surface area (Å²) in [5, 5.41) is 15.0. The molecule has 20 heavy (non-hydrogen) atoms. The second-order valence-corrected chi connectivity index (χ2v) is 6.49. The van der Waals surface area contributed by atoms with Crippen molar-refractivity contribution in [2.75, 3.05) is 11.5 Å². The van der Waals surface area contributed by atoms with E-state index in [0.717, 1.165) is 18.4 Å². The average molecular weight is 299 g/mol. The van der Waals surface area contributed by atoms with Gasteiger partial charge in [-0.25, -0.2) is 4.39 Å². The predicted octanol–water partition coefficient (Wildman–Crippen LogP) is 0.921. The van der Waals surface area contributed by atoms with Crippen LogP contribution in [0.25, 0.3) is 0 Å². The normalized spacial score (nSPS) is 23.8. The van der Waals surface area contributed by atoms with Crippen LogP contribution in [0, 0.1) is 5.82 Å². The first kappa shape index (κ1) is 14.9.